The van der Waals surface area contributed by atoms with Crippen LogP contribution in [0.1, 0.15) is 16.1 Å². The predicted molar refractivity (Wildman–Crippen MR) is 78.2 cm³/mol. The summed E-state index contributed by atoms with van der Waals surface area (Å²) in [6, 6.07) is 6.00. The van der Waals surface area contributed by atoms with Gasteiger partial charge in [0, 0.05) is 6.20 Å². The third-order valence-corrected chi connectivity index (χ3v) is 4.44. The zero-order valence-electron chi connectivity index (χ0n) is 11.1. The lowest BCUT2D eigenvalue weighted by Crippen LogP contribution is -2.24. The van der Waals surface area contributed by atoms with Crippen molar-refractivity contribution in [2.75, 3.05) is 0 Å². The van der Waals surface area contributed by atoms with Gasteiger partial charge in [0.25, 0.3) is 0 Å². The van der Waals surface area contributed by atoms with Crippen LogP contribution in [0.25, 0.3) is 0 Å². The molecule has 6 nitrogen and oxygen atoms in total. The molecule has 0 bridgehead atoms. The van der Waals surface area contributed by atoms with Gasteiger partial charge in [0.2, 0.25) is 15.9 Å². The molecule has 2 aromatic rings. The molecule has 3 N–H and O–H groups in total. The van der Waals surface area contributed by atoms with Crippen molar-refractivity contribution in [3.8, 4) is 0 Å². The maximum absolute atomic E-state index is 13.0. The summed E-state index contributed by atoms with van der Waals surface area (Å²) in [6.45, 7) is -0.101. The number of carbonyl (C=O) groups is 1. The minimum Gasteiger partial charge on any atom is -0.366 e. The summed E-state index contributed by atoms with van der Waals surface area (Å²) in [5, 5.41) is -0.285. The predicted octanol–water partition coefficient (Wildman–Crippen LogP) is 1.45. The third-order valence-electron chi connectivity index (χ3n) is 2.75. The molecule has 0 spiro atoms. The summed E-state index contributed by atoms with van der Waals surface area (Å²) >= 11 is 5.56. The van der Waals surface area contributed by atoms with Crippen LogP contribution in [0.3, 0.4) is 0 Å². The van der Waals surface area contributed by atoms with E-state index in [1.54, 1.807) is 0 Å². The summed E-state index contributed by atoms with van der Waals surface area (Å²) in [5.74, 6) is -1.33. The van der Waals surface area contributed by atoms with Crippen LogP contribution in [0.2, 0.25) is 5.02 Å². The average molecular weight is 344 g/mol. The van der Waals surface area contributed by atoms with E-state index < -0.39 is 21.7 Å². The average Bonchev–Trinajstić information content (AvgIpc) is 2.48. The first kappa shape index (κ1) is 16.3. The Labute approximate surface area is 131 Å². The van der Waals surface area contributed by atoms with Crippen molar-refractivity contribution in [1.82, 2.24) is 9.71 Å². The van der Waals surface area contributed by atoms with E-state index in [0.717, 1.165) is 18.2 Å². The van der Waals surface area contributed by atoms with Crippen LogP contribution in [0.4, 0.5) is 4.39 Å². The van der Waals surface area contributed by atoms with E-state index in [2.05, 4.69) is 9.71 Å². The van der Waals surface area contributed by atoms with E-state index in [1.165, 1.54) is 18.3 Å². The van der Waals surface area contributed by atoms with Gasteiger partial charge in [-0.25, -0.2) is 17.5 Å². The Morgan fingerprint density at radius 3 is 2.59 bits per heavy atom. The highest BCUT2D eigenvalue weighted by molar-refractivity contribution is 7.89. The Morgan fingerprint density at radius 1 is 1.32 bits per heavy atom. The first-order valence-electron chi connectivity index (χ1n) is 5.99. The molecule has 0 radical (unpaired) electrons. The van der Waals surface area contributed by atoms with Crippen molar-refractivity contribution in [2.45, 2.75) is 11.4 Å². The number of nitrogens with zero attached hydrogens (tertiary/aromatic N) is 1. The molecule has 1 aromatic heterocycles. The fourth-order valence-electron chi connectivity index (χ4n) is 1.57. The molecule has 1 aromatic carbocycles. The normalized spacial score (nSPS) is 11.4. The number of benzene rings is 1. The van der Waals surface area contributed by atoms with Gasteiger partial charge < -0.3 is 5.73 Å². The van der Waals surface area contributed by atoms with E-state index in [0.29, 0.717) is 5.69 Å². The molecule has 9 heteroatoms. The van der Waals surface area contributed by atoms with Crippen LogP contribution in [0.15, 0.2) is 41.4 Å². The minimum absolute atomic E-state index is 0.101. The van der Waals surface area contributed by atoms with Crippen molar-refractivity contribution in [1.29, 1.82) is 0 Å². The second-order valence-corrected chi connectivity index (χ2v) is 6.48. The van der Waals surface area contributed by atoms with E-state index in [1.807, 2.05) is 0 Å². The number of halogens is 2. The van der Waals surface area contributed by atoms with Gasteiger partial charge in [-0.15, -0.1) is 0 Å². The van der Waals surface area contributed by atoms with Gasteiger partial charge in [0.05, 0.1) is 27.7 Å². The Bertz CT molecular complexity index is 810. The molecule has 2 rings (SSSR count). The molecular weight excluding hydrogens is 333 g/mol. The van der Waals surface area contributed by atoms with Crippen LogP contribution < -0.4 is 10.5 Å². The number of primary amides is 1. The number of aromatic nitrogens is 1. The molecule has 0 atom stereocenters. The maximum Gasteiger partial charge on any atom is 0.250 e. The van der Waals surface area contributed by atoms with Crippen LogP contribution in [0, 0.1) is 5.82 Å². The van der Waals surface area contributed by atoms with Crippen LogP contribution in [-0.4, -0.2) is 19.3 Å². The number of rotatable bonds is 5. The lowest BCUT2D eigenvalue weighted by atomic mass is 10.2. The fourth-order valence-corrected chi connectivity index (χ4v) is 2.84. The lowest BCUT2D eigenvalue weighted by molar-refractivity contribution is 0.1000. The molecule has 1 amide bonds. The van der Waals surface area contributed by atoms with E-state index in [-0.39, 0.29) is 22.0 Å². The zero-order valence-corrected chi connectivity index (χ0v) is 12.7. The topological polar surface area (TPSA) is 102 Å². The van der Waals surface area contributed by atoms with Crippen LogP contribution in [0.5, 0.6) is 0 Å². The maximum atomic E-state index is 13.0. The molecule has 0 unspecified atom stereocenters. The Kier molecular flexibility index (Phi) is 4.74. The zero-order chi connectivity index (χ0) is 16.3. The molecular formula is C13H11ClFN3O3S. The monoisotopic (exact) mass is 343 g/mol. The number of nitrogens with two attached hydrogens (primary N) is 1. The van der Waals surface area contributed by atoms with Gasteiger partial charge in [0.1, 0.15) is 5.82 Å². The van der Waals surface area contributed by atoms with Gasteiger partial charge in [-0.05, 0) is 30.3 Å². The van der Waals surface area contributed by atoms with Gasteiger partial charge in [-0.3, -0.25) is 9.78 Å². The molecule has 116 valence electrons. The molecule has 0 aliphatic rings. The summed E-state index contributed by atoms with van der Waals surface area (Å²) in [7, 11) is -3.86. The molecule has 0 aliphatic heterocycles. The first-order valence-corrected chi connectivity index (χ1v) is 7.85. The van der Waals surface area contributed by atoms with Crippen molar-refractivity contribution < 1.29 is 17.6 Å². The van der Waals surface area contributed by atoms with Crippen molar-refractivity contribution in [3.05, 3.63) is 58.6 Å². The van der Waals surface area contributed by atoms with Gasteiger partial charge in [-0.2, -0.15) is 0 Å². The second-order valence-electron chi connectivity index (χ2n) is 4.30. The highest BCUT2D eigenvalue weighted by Crippen LogP contribution is 2.19. The Balaban J connectivity index is 2.12. The Hall–Kier alpha value is -2.03. The van der Waals surface area contributed by atoms with Crippen molar-refractivity contribution in [3.63, 3.8) is 0 Å². The number of nitrogens with one attached hydrogen (secondary N) is 1. The number of sulfonamides is 1. The van der Waals surface area contributed by atoms with Crippen LogP contribution in [-0.2, 0) is 16.6 Å². The standard InChI is InChI=1S/C13H11ClFN3O3S/c14-11-5-10(3-4-12(11)15)22(20,21)18-7-9-2-1-8(6-17-9)13(16)19/h1-6,18H,7H2,(H2,16,19). The lowest BCUT2D eigenvalue weighted by Gasteiger charge is -2.07. The molecule has 0 aliphatic carbocycles. The molecule has 0 fully saturated rings. The molecule has 1 heterocycles. The summed E-state index contributed by atoms with van der Waals surface area (Å²) in [6.07, 6.45) is 1.25. The van der Waals surface area contributed by atoms with Gasteiger partial charge in [-0.1, -0.05) is 11.6 Å². The minimum atomic E-state index is -3.86. The number of hydrogen-bond donors (Lipinski definition) is 2. The number of carbonyl (C=O) groups excluding carboxylic acids is 1. The summed E-state index contributed by atoms with van der Waals surface area (Å²) in [4.78, 5) is 14.7. The number of amides is 1. The highest BCUT2D eigenvalue weighted by atomic mass is 35.5. The van der Waals surface area contributed by atoms with Gasteiger partial charge >= 0.3 is 0 Å². The molecule has 0 saturated carbocycles. The van der Waals surface area contributed by atoms with Crippen molar-refractivity contribution in [2.24, 2.45) is 5.73 Å². The van der Waals surface area contributed by atoms with E-state index in [4.69, 9.17) is 17.3 Å². The second kappa shape index (κ2) is 6.39. The van der Waals surface area contributed by atoms with Crippen molar-refractivity contribution >= 4 is 27.5 Å². The quantitative estimate of drug-likeness (QED) is 0.857. The largest absolute Gasteiger partial charge is 0.366 e. The third kappa shape index (κ3) is 3.79. The highest BCUT2D eigenvalue weighted by Gasteiger charge is 2.16. The fraction of sp³-hybridized carbons (Fsp3) is 0.0769. The SMILES string of the molecule is NC(=O)c1ccc(CNS(=O)(=O)c2ccc(F)c(Cl)c2)nc1. The van der Waals surface area contributed by atoms with E-state index in [9.17, 15) is 17.6 Å². The summed E-state index contributed by atoms with van der Waals surface area (Å²) < 4.78 is 39.4. The molecule has 22 heavy (non-hydrogen) atoms. The number of pyridine rings is 1. The smallest absolute Gasteiger partial charge is 0.250 e. The van der Waals surface area contributed by atoms with E-state index >= 15 is 0 Å². The Morgan fingerprint density at radius 2 is 2.05 bits per heavy atom. The molecule has 0 saturated heterocycles. The van der Waals surface area contributed by atoms with Crippen LogP contribution >= 0.6 is 11.6 Å². The first-order chi connectivity index (χ1) is 10.3. The van der Waals surface area contributed by atoms with Gasteiger partial charge in [0.15, 0.2) is 0 Å². The number of hydrogen-bond acceptors (Lipinski definition) is 4. The summed E-state index contributed by atoms with van der Waals surface area (Å²) in [5.41, 5.74) is 5.69.